The molecule has 0 atom stereocenters. The van der Waals surface area contributed by atoms with Gasteiger partial charge in [-0.05, 0) is 36.8 Å². The van der Waals surface area contributed by atoms with E-state index in [0.717, 1.165) is 16.8 Å². The van der Waals surface area contributed by atoms with E-state index < -0.39 is 15.9 Å². The summed E-state index contributed by atoms with van der Waals surface area (Å²) in [7, 11) is -0.332. The Morgan fingerprint density at radius 1 is 0.935 bits per heavy atom. The van der Waals surface area contributed by atoms with E-state index in [2.05, 4.69) is 4.72 Å². The third kappa shape index (κ3) is 4.18. The van der Waals surface area contributed by atoms with Crippen molar-refractivity contribution in [1.29, 1.82) is 0 Å². The van der Waals surface area contributed by atoms with Crippen molar-refractivity contribution in [1.82, 2.24) is 4.72 Å². The summed E-state index contributed by atoms with van der Waals surface area (Å²) in [5.41, 5.74) is 3.61. The molecule has 7 heteroatoms. The van der Waals surface area contributed by atoms with Crippen molar-refractivity contribution in [2.24, 2.45) is 0 Å². The first kappa shape index (κ1) is 20.7. The van der Waals surface area contributed by atoms with E-state index in [0.29, 0.717) is 16.5 Å². The largest absolute Gasteiger partial charge is 0.451 e. The first-order valence-corrected chi connectivity index (χ1v) is 11.2. The molecular weight excluding hydrogens is 412 g/mol. The summed E-state index contributed by atoms with van der Waals surface area (Å²) in [6, 6.07) is 21.3. The van der Waals surface area contributed by atoms with Gasteiger partial charge in [0.25, 0.3) is 10.0 Å². The van der Waals surface area contributed by atoms with Gasteiger partial charge in [-0.15, -0.1) is 0 Å². The molecular formula is C24H22N2O4S. The van der Waals surface area contributed by atoms with Gasteiger partial charge in [0.2, 0.25) is 0 Å². The number of hydrogen-bond donors (Lipinski definition) is 1. The number of furan rings is 1. The number of carbonyl (C=O) groups is 1. The van der Waals surface area contributed by atoms with Crippen molar-refractivity contribution >= 4 is 32.6 Å². The van der Waals surface area contributed by atoms with Gasteiger partial charge in [-0.1, -0.05) is 48.0 Å². The van der Waals surface area contributed by atoms with Crippen LogP contribution in [-0.4, -0.2) is 28.4 Å². The number of anilines is 1. The number of hydrogen-bond acceptors (Lipinski definition) is 5. The van der Waals surface area contributed by atoms with Gasteiger partial charge in [-0.2, -0.15) is 0 Å². The maximum Gasteiger partial charge on any atom is 0.300 e. The molecule has 0 spiro atoms. The molecule has 1 heterocycles. The highest BCUT2D eigenvalue weighted by molar-refractivity contribution is 7.90. The smallest absolute Gasteiger partial charge is 0.300 e. The molecule has 6 nitrogen and oxygen atoms in total. The molecule has 31 heavy (non-hydrogen) atoms. The Hall–Kier alpha value is -3.58. The molecule has 0 unspecified atom stereocenters. The van der Waals surface area contributed by atoms with Crippen molar-refractivity contribution in [2.45, 2.75) is 11.8 Å². The predicted octanol–water partition coefficient (Wildman–Crippen LogP) is 4.59. The Morgan fingerprint density at radius 3 is 2.39 bits per heavy atom. The maximum atomic E-state index is 13.1. The predicted molar refractivity (Wildman–Crippen MR) is 122 cm³/mol. The summed E-state index contributed by atoms with van der Waals surface area (Å²) < 4.78 is 34.0. The normalized spacial score (nSPS) is 11.5. The zero-order valence-corrected chi connectivity index (χ0v) is 18.2. The van der Waals surface area contributed by atoms with Crippen molar-refractivity contribution in [3.8, 4) is 11.1 Å². The highest BCUT2D eigenvalue weighted by Crippen LogP contribution is 2.29. The van der Waals surface area contributed by atoms with Crippen molar-refractivity contribution in [3.05, 3.63) is 84.1 Å². The summed E-state index contributed by atoms with van der Waals surface area (Å²) in [5, 5.41) is 0.716. The summed E-state index contributed by atoms with van der Waals surface area (Å²) in [6.07, 6.45) is 0. The zero-order valence-electron chi connectivity index (χ0n) is 17.4. The molecule has 1 amide bonds. The molecule has 3 aromatic carbocycles. The quantitative estimate of drug-likeness (QED) is 0.497. The number of benzene rings is 3. The van der Waals surface area contributed by atoms with Crippen LogP contribution in [0, 0.1) is 6.92 Å². The minimum absolute atomic E-state index is 0.0312. The number of nitrogens with zero attached hydrogens (tertiary/aromatic N) is 1. The second-order valence-electron chi connectivity index (χ2n) is 7.53. The highest BCUT2D eigenvalue weighted by Gasteiger charge is 2.24. The molecule has 0 radical (unpaired) electrons. The SMILES string of the molecule is Cc1ccc(S(=O)(=O)NC(=O)c2cc3ccc(N(C)C)cc3o2)c(-c2ccccc2)c1. The summed E-state index contributed by atoms with van der Waals surface area (Å²) in [6.45, 7) is 1.89. The third-order valence-electron chi connectivity index (χ3n) is 4.98. The fourth-order valence-corrected chi connectivity index (χ4v) is 4.53. The summed E-state index contributed by atoms with van der Waals surface area (Å²) >= 11 is 0. The first-order chi connectivity index (χ1) is 14.7. The topological polar surface area (TPSA) is 79.6 Å². The number of fused-ring (bicyclic) bond motifs is 1. The van der Waals surface area contributed by atoms with Gasteiger partial charge in [-0.25, -0.2) is 13.1 Å². The lowest BCUT2D eigenvalue weighted by Crippen LogP contribution is -2.30. The Kier molecular flexibility index (Phi) is 5.29. The van der Waals surface area contributed by atoms with Crippen LogP contribution in [0.15, 0.2) is 82.1 Å². The average Bonchev–Trinajstić information content (AvgIpc) is 3.17. The number of nitrogens with one attached hydrogen (secondary N) is 1. The van der Waals surface area contributed by atoms with Gasteiger partial charge >= 0.3 is 5.91 Å². The third-order valence-corrected chi connectivity index (χ3v) is 6.37. The van der Waals surface area contributed by atoms with E-state index in [9.17, 15) is 13.2 Å². The van der Waals surface area contributed by atoms with Gasteiger partial charge in [-0.3, -0.25) is 4.79 Å². The molecule has 0 aliphatic rings. The van der Waals surface area contributed by atoms with E-state index in [4.69, 9.17) is 4.42 Å². The molecule has 158 valence electrons. The van der Waals surface area contributed by atoms with E-state index >= 15 is 0 Å². The fourth-order valence-electron chi connectivity index (χ4n) is 3.36. The number of rotatable bonds is 5. The molecule has 1 N–H and O–H groups in total. The van der Waals surface area contributed by atoms with E-state index in [-0.39, 0.29) is 10.7 Å². The standard InChI is InChI=1S/C24H22N2O4S/c1-16-9-12-23(20(13-16)17-7-5-4-6-8-17)31(28,29)25-24(27)22-14-18-10-11-19(26(2)3)15-21(18)30-22/h4-15H,1-3H3,(H,25,27). The Labute approximate surface area is 181 Å². The van der Waals surface area contributed by atoms with Crippen LogP contribution in [0.5, 0.6) is 0 Å². The van der Waals surface area contributed by atoms with Crippen LogP contribution in [0.3, 0.4) is 0 Å². The molecule has 1 aromatic heterocycles. The highest BCUT2D eigenvalue weighted by atomic mass is 32.2. The maximum absolute atomic E-state index is 13.1. The molecule has 0 aliphatic heterocycles. The Morgan fingerprint density at radius 2 is 1.68 bits per heavy atom. The number of aryl methyl sites for hydroxylation is 1. The average molecular weight is 435 g/mol. The van der Waals surface area contributed by atoms with Crippen molar-refractivity contribution < 1.29 is 17.6 Å². The first-order valence-electron chi connectivity index (χ1n) is 9.69. The monoisotopic (exact) mass is 434 g/mol. The van der Waals surface area contributed by atoms with Crippen molar-refractivity contribution in [2.75, 3.05) is 19.0 Å². The lowest BCUT2D eigenvalue weighted by molar-refractivity contribution is 0.0956. The molecule has 0 saturated heterocycles. The molecule has 0 aliphatic carbocycles. The van der Waals surface area contributed by atoms with Crippen LogP contribution in [0.2, 0.25) is 0 Å². The lowest BCUT2D eigenvalue weighted by atomic mass is 10.0. The fraction of sp³-hybridized carbons (Fsp3) is 0.125. The summed E-state index contributed by atoms with van der Waals surface area (Å²) in [5.74, 6) is -0.884. The van der Waals surface area contributed by atoms with E-state index in [1.54, 1.807) is 18.2 Å². The van der Waals surface area contributed by atoms with Gasteiger partial charge in [0.1, 0.15) is 5.58 Å². The van der Waals surface area contributed by atoms with Gasteiger partial charge in [0.15, 0.2) is 5.76 Å². The van der Waals surface area contributed by atoms with Gasteiger partial charge in [0, 0.05) is 36.8 Å². The van der Waals surface area contributed by atoms with E-state index in [1.807, 2.05) is 68.4 Å². The Balaban J connectivity index is 1.68. The molecule has 4 rings (SSSR count). The molecule has 4 aromatic rings. The Bertz CT molecular complexity index is 1370. The van der Waals surface area contributed by atoms with Crippen LogP contribution in [0.1, 0.15) is 16.1 Å². The molecule has 0 saturated carbocycles. The number of amides is 1. The summed E-state index contributed by atoms with van der Waals surface area (Å²) in [4.78, 5) is 14.7. The molecule has 0 fully saturated rings. The number of carbonyl (C=O) groups excluding carboxylic acids is 1. The molecule has 0 bridgehead atoms. The van der Waals surface area contributed by atoms with Crippen LogP contribution in [0.25, 0.3) is 22.1 Å². The minimum Gasteiger partial charge on any atom is -0.451 e. The second-order valence-corrected chi connectivity index (χ2v) is 9.18. The minimum atomic E-state index is -4.13. The lowest BCUT2D eigenvalue weighted by Gasteiger charge is -2.12. The van der Waals surface area contributed by atoms with Gasteiger partial charge < -0.3 is 9.32 Å². The van der Waals surface area contributed by atoms with Crippen LogP contribution < -0.4 is 9.62 Å². The van der Waals surface area contributed by atoms with Crippen LogP contribution in [0.4, 0.5) is 5.69 Å². The van der Waals surface area contributed by atoms with Gasteiger partial charge in [0.05, 0.1) is 4.90 Å². The second kappa shape index (κ2) is 7.92. The van der Waals surface area contributed by atoms with Crippen molar-refractivity contribution in [3.63, 3.8) is 0 Å². The van der Waals surface area contributed by atoms with E-state index in [1.165, 1.54) is 12.1 Å². The zero-order chi connectivity index (χ0) is 22.2. The number of sulfonamides is 1. The van der Waals surface area contributed by atoms with Crippen LogP contribution in [-0.2, 0) is 10.0 Å². The van der Waals surface area contributed by atoms with Crippen LogP contribution >= 0.6 is 0 Å².